The topological polar surface area (TPSA) is 66.9 Å². The normalized spacial score (nSPS) is 12.0. The fourth-order valence-corrected chi connectivity index (χ4v) is 4.11. The maximum Gasteiger partial charge on any atom is 0.515 e. The third-order valence-electron chi connectivity index (χ3n) is 5.77. The second-order valence-electron chi connectivity index (χ2n) is 8.43. The number of carbonyl (C=O) groups is 1. The molecule has 0 aliphatic carbocycles. The first-order valence-electron chi connectivity index (χ1n) is 12.4. The summed E-state index contributed by atoms with van der Waals surface area (Å²) in [5, 5.41) is 0. The van der Waals surface area contributed by atoms with Crippen LogP contribution in [0.1, 0.15) is 30.0 Å². The Hall–Kier alpha value is -4.00. The first-order valence-corrected chi connectivity index (χ1v) is 12.4. The van der Waals surface area contributed by atoms with Crippen LogP contribution in [0.3, 0.4) is 0 Å². The number of hydrogen-bond acceptors (Lipinski definition) is 6. The summed E-state index contributed by atoms with van der Waals surface area (Å²) in [5.41, 5.74) is 1.92. The fraction of sp³-hybridized carbons (Fsp3) is 0.226. The van der Waals surface area contributed by atoms with E-state index in [9.17, 15) is 4.79 Å². The molecule has 6 nitrogen and oxygen atoms in total. The van der Waals surface area contributed by atoms with Crippen molar-refractivity contribution in [1.82, 2.24) is 4.98 Å². The fourth-order valence-electron chi connectivity index (χ4n) is 4.11. The zero-order chi connectivity index (χ0) is 25.8. The van der Waals surface area contributed by atoms with Crippen LogP contribution in [0.15, 0.2) is 115 Å². The SMILES string of the molecule is CCCOC[C@H](COC(c1ccccc1)(c1ccccc1)c1ccccc1)OC(=O)Oc1ccccn1. The Morgan fingerprint density at radius 1 is 0.757 bits per heavy atom. The molecule has 0 bridgehead atoms. The number of benzene rings is 3. The van der Waals surface area contributed by atoms with Gasteiger partial charge in [0, 0.05) is 18.9 Å². The van der Waals surface area contributed by atoms with Crippen LogP contribution >= 0.6 is 0 Å². The van der Waals surface area contributed by atoms with E-state index in [-0.39, 0.29) is 19.1 Å². The molecule has 1 aromatic heterocycles. The molecule has 37 heavy (non-hydrogen) atoms. The molecule has 4 rings (SSSR count). The Bertz CT molecular complexity index is 1110. The van der Waals surface area contributed by atoms with E-state index in [0.29, 0.717) is 6.61 Å². The summed E-state index contributed by atoms with van der Waals surface area (Å²) in [7, 11) is 0. The molecule has 0 unspecified atom stereocenters. The van der Waals surface area contributed by atoms with Crippen LogP contribution < -0.4 is 4.74 Å². The van der Waals surface area contributed by atoms with Crippen molar-refractivity contribution < 1.29 is 23.7 Å². The Labute approximate surface area is 217 Å². The lowest BCUT2D eigenvalue weighted by Gasteiger charge is -2.37. The maximum absolute atomic E-state index is 12.6. The molecule has 190 valence electrons. The molecular weight excluding hydrogens is 466 g/mol. The Morgan fingerprint density at radius 2 is 1.30 bits per heavy atom. The standard InChI is InChI=1S/C31H31NO5/c1-2-22-34-23-28(36-30(33)37-29-20-12-13-21-32-29)24-35-31(25-14-6-3-7-15-25,26-16-8-4-9-17-26)27-18-10-5-11-19-27/h3-21,28H,2,22-24H2,1H3/t28-/m1/s1. The minimum absolute atomic E-state index is 0.0692. The van der Waals surface area contributed by atoms with Gasteiger partial charge >= 0.3 is 6.16 Å². The van der Waals surface area contributed by atoms with Crippen molar-refractivity contribution in [3.63, 3.8) is 0 Å². The van der Waals surface area contributed by atoms with Crippen LogP contribution in [-0.2, 0) is 19.8 Å². The Morgan fingerprint density at radius 3 is 1.78 bits per heavy atom. The van der Waals surface area contributed by atoms with Crippen LogP contribution in [0, 0.1) is 0 Å². The Kier molecular flexibility index (Phi) is 9.41. The van der Waals surface area contributed by atoms with Crippen LogP contribution in [0.25, 0.3) is 0 Å². The molecule has 1 atom stereocenters. The van der Waals surface area contributed by atoms with Gasteiger partial charge in [-0.1, -0.05) is 104 Å². The second kappa shape index (κ2) is 13.3. The molecule has 0 saturated carbocycles. The number of rotatable bonds is 12. The highest BCUT2D eigenvalue weighted by Gasteiger charge is 2.38. The van der Waals surface area contributed by atoms with Crippen LogP contribution in [0.5, 0.6) is 5.88 Å². The van der Waals surface area contributed by atoms with E-state index in [2.05, 4.69) is 4.98 Å². The van der Waals surface area contributed by atoms with Gasteiger partial charge in [0.15, 0.2) is 6.10 Å². The van der Waals surface area contributed by atoms with Crippen molar-refractivity contribution in [2.24, 2.45) is 0 Å². The first kappa shape index (κ1) is 26.1. The van der Waals surface area contributed by atoms with Gasteiger partial charge in [-0.25, -0.2) is 9.78 Å². The summed E-state index contributed by atoms with van der Waals surface area (Å²) in [5.74, 6) is 0.161. The van der Waals surface area contributed by atoms with Gasteiger partial charge in [0.05, 0.1) is 13.2 Å². The van der Waals surface area contributed by atoms with E-state index in [1.54, 1.807) is 24.4 Å². The second-order valence-corrected chi connectivity index (χ2v) is 8.43. The molecule has 3 aromatic carbocycles. The van der Waals surface area contributed by atoms with E-state index in [1.807, 2.05) is 97.9 Å². The summed E-state index contributed by atoms with van der Waals surface area (Å²) in [6.07, 6.45) is 0.811. The van der Waals surface area contributed by atoms with Crippen LogP contribution in [-0.4, -0.2) is 37.1 Å². The van der Waals surface area contributed by atoms with Crippen LogP contribution in [0.4, 0.5) is 4.79 Å². The largest absolute Gasteiger partial charge is 0.515 e. The highest BCUT2D eigenvalue weighted by atomic mass is 16.7. The van der Waals surface area contributed by atoms with Gasteiger partial charge in [0.1, 0.15) is 5.60 Å². The van der Waals surface area contributed by atoms with Gasteiger partial charge in [-0.15, -0.1) is 0 Å². The van der Waals surface area contributed by atoms with Crippen molar-refractivity contribution in [1.29, 1.82) is 0 Å². The van der Waals surface area contributed by atoms with Crippen molar-refractivity contribution in [2.45, 2.75) is 25.0 Å². The van der Waals surface area contributed by atoms with Crippen molar-refractivity contribution in [2.75, 3.05) is 19.8 Å². The molecule has 0 N–H and O–H groups in total. The predicted molar refractivity (Wildman–Crippen MR) is 141 cm³/mol. The quantitative estimate of drug-likeness (QED) is 0.128. The van der Waals surface area contributed by atoms with Crippen LogP contribution in [0.2, 0.25) is 0 Å². The minimum atomic E-state index is -0.943. The summed E-state index contributed by atoms with van der Waals surface area (Å²) in [6, 6.07) is 35.2. The lowest BCUT2D eigenvalue weighted by atomic mass is 9.80. The average molecular weight is 498 g/mol. The molecule has 0 fully saturated rings. The van der Waals surface area contributed by atoms with Gasteiger partial charge in [-0.3, -0.25) is 0 Å². The van der Waals surface area contributed by atoms with Gasteiger partial charge in [-0.2, -0.15) is 0 Å². The maximum atomic E-state index is 12.6. The Balaban J connectivity index is 1.65. The third-order valence-corrected chi connectivity index (χ3v) is 5.77. The third kappa shape index (κ3) is 6.82. The predicted octanol–water partition coefficient (Wildman–Crippen LogP) is 6.40. The van der Waals surface area contributed by atoms with Gasteiger partial charge in [0.25, 0.3) is 0 Å². The molecular formula is C31H31NO5. The van der Waals surface area contributed by atoms with E-state index in [4.69, 9.17) is 18.9 Å². The van der Waals surface area contributed by atoms with Gasteiger partial charge < -0.3 is 18.9 Å². The molecule has 6 heteroatoms. The summed E-state index contributed by atoms with van der Waals surface area (Å²) < 4.78 is 23.5. The highest BCUT2D eigenvalue weighted by Crippen LogP contribution is 2.40. The van der Waals surface area contributed by atoms with Gasteiger partial charge in [-0.05, 0) is 29.2 Å². The van der Waals surface area contributed by atoms with Crippen molar-refractivity contribution >= 4 is 6.16 Å². The molecule has 0 saturated heterocycles. The van der Waals surface area contributed by atoms with E-state index < -0.39 is 17.9 Å². The monoisotopic (exact) mass is 497 g/mol. The number of carbonyl (C=O) groups excluding carboxylic acids is 1. The average Bonchev–Trinajstić information content (AvgIpc) is 2.95. The molecule has 0 aliphatic heterocycles. The molecule has 0 aliphatic rings. The summed E-state index contributed by atoms with van der Waals surface area (Å²) in [6.45, 7) is 2.79. The lowest BCUT2D eigenvalue weighted by Crippen LogP contribution is -2.38. The summed E-state index contributed by atoms with van der Waals surface area (Å²) >= 11 is 0. The van der Waals surface area contributed by atoms with Crippen molar-refractivity contribution in [3.8, 4) is 5.88 Å². The number of nitrogens with zero attached hydrogens (tertiary/aromatic N) is 1. The number of ether oxygens (including phenoxy) is 4. The van der Waals surface area contributed by atoms with E-state index >= 15 is 0 Å². The highest BCUT2D eigenvalue weighted by molar-refractivity contribution is 5.63. The lowest BCUT2D eigenvalue weighted by molar-refractivity contribution is -0.0753. The molecule has 0 amide bonds. The first-order chi connectivity index (χ1) is 18.2. The van der Waals surface area contributed by atoms with Gasteiger partial charge in [0.2, 0.25) is 5.88 Å². The zero-order valence-electron chi connectivity index (χ0n) is 20.9. The van der Waals surface area contributed by atoms with E-state index in [0.717, 1.165) is 23.1 Å². The number of aromatic nitrogens is 1. The molecule has 0 spiro atoms. The van der Waals surface area contributed by atoms with E-state index in [1.165, 1.54) is 0 Å². The summed E-state index contributed by atoms with van der Waals surface area (Å²) in [4.78, 5) is 16.6. The zero-order valence-corrected chi connectivity index (χ0v) is 20.9. The van der Waals surface area contributed by atoms with Crippen molar-refractivity contribution in [3.05, 3.63) is 132 Å². The molecule has 1 heterocycles. The molecule has 0 radical (unpaired) electrons. The smallest absolute Gasteiger partial charge is 0.426 e. The number of hydrogen-bond donors (Lipinski definition) is 0. The minimum Gasteiger partial charge on any atom is -0.426 e. The molecule has 4 aromatic rings. The number of pyridine rings is 1.